The van der Waals surface area contributed by atoms with E-state index >= 15 is 0 Å². The highest BCUT2D eigenvalue weighted by molar-refractivity contribution is 5.81. The molecule has 0 bridgehead atoms. The summed E-state index contributed by atoms with van der Waals surface area (Å²) in [6.07, 6.45) is -4.44. The van der Waals surface area contributed by atoms with Gasteiger partial charge < -0.3 is 4.42 Å². The fourth-order valence-electron chi connectivity index (χ4n) is 2.10. The minimum Gasteiger partial charge on any atom is -0.408 e. The van der Waals surface area contributed by atoms with Crippen LogP contribution in [0.25, 0.3) is 22.2 Å². The Morgan fingerprint density at radius 3 is 2.55 bits per heavy atom. The van der Waals surface area contributed by atoms with Crippen LogP contribution in [0.4, 0.5) is 13.2 Å². The third kappa shape index (κ3) is 2.09. The minimum absolute atomic E-state index is 0.0592. The van der Waals surface area contributed by atoms with E-state index in [1.807, 2.05) is 0 Å². The van der Waals surface area contributed by atoms with Gasteiger partial charge in [-0.1, -0.05) is 24.3 Å². The van der Waals surface area contributed by atoms with Crippen molar-refractivity contribution >= 4 is 11.1 Å². The zero-order valence-corrected chi connectivity index (χ0v) is 9.99. The maximum atomic E-state index is 13.0. The number of oxazole rings is 1. The Labute approximate surface area is 110 Å². The van der Waals surface area contributed by atoms with Gasteiger partial charge in [0.25, 0.3) is 0 Å². The molecule has 0 radical (unpaired) electrons. The Bertz CT molecular complexity index is 830. The second kappa shape index (κ2) is 4.26. The van der Waals surface area contributed by atoms with Crippen LogP contribution in [0.3, 0.4) is 0 Å². The van der Waals surface area contributed by atoms with E-state index in [1.165, 1.54) is 36.4 Å². The van der Waals surface area contributed by atoms with E-state index in [9.17, 15) is 18.0 Å². The topological polar surface area (TPSA) is 46.0 Å². The maximum absolute atomic E-state index is 13.0. The number of aromatic amines is 1. The first-order chi connectivity index (χ1) is 9.45. The number of aromatic nitrogens is 1. The molecule has 6 heteroatoms. The normalized spacial score (nSPS) is 11.9. The van der Waals surface area contributed by atoms with Crippen LogP contribution in [-0.2, 0) is 6.18 Å². The lowest BCUT2D eigenvalue weighted by Crippen LogP contribution is -2.06. The molecule has 3 nitrogen and oxygen atoms in total. The molecule has 0 atom stereocenters. The van der Waals surface area contributed by atoms with Gasteiger partial charge in [0.05, 0.1) is 11.1 Å². The molecule has 20 heavy (non-hydrogen) atoms. The molecule has 1 N–H and O–H groups in total. The summed E-state index contributed by atoms with van der Waals surface area (Å²) in [5.74, 6) is -0.638. The zero-order chi connectivity index (χ0) is 14.3. The van der Waals surface area contributed by atoms with Gasteiger partial charge in [-0.25, -0.2) is 4.79 Å². The smallest absolute Gasteiger partial charge is 0.408 e. The summed E-state index contributed by atoms with van der Waals surface area (Å²) in [6.45, 7) is 0. The average Bonchev–Trinajstić information content (AvgIpc) is 2.76. The molecule has 0 unspecified atom stereocenters. The van der Waals surface area contributed by atoms with Crippen molar-refractivity contribution in [1.29, 1.82) is 0 Å². The molecule has 0 aliphatic carbocycles. The van der Waals surface area contributed by atoms with Crippen molar-refractivity contribution in [2.24, 2.45) is 0 Å². The molecule has 2 aromatic carbocycles. The Balaban J connectivity index is 2.23. The molecule has 1 aromatic heterocycles. The van der Waals surface area contributed by atoms with Crippen molar-refractivity contribution in [1.82, 2.24) is 4.98 Å². The lowest BCUT2D eigenvalue weighted by atomic mass is 9.99. The molecular weight excluding hydrogens is 271 g/mol. The predicted octanol–water partition coefficient (Wildman–Crippen LogP) is 3.81. The summed E-state index contributed by atoms with van der Waals surface area (Å²) in [5.41, 5.74) is 0.379. The molecule has 0 spiro atoms. The van der Waals surface area contributed by atoms with Gasteiger partial charge in [-0.15, -0.1) is 0 Å². The molecule has 0 saturated carbocycles. The van der Waals surface area contributed by atoms with E-state index in [-0.39, 0.29) is 5.56 Å². The third-order valence-corrected chi connectivity index (χ3v) is 2.96. The van der Waals surface area contributed by atoms with Crippen LogP contribution in [0.1, 0.15) is 5.56 Å². The van der Waals surface area contributed by atoms with Gasteiger partial charge >= 0.3 is 11.9 Å². The molecule has 102 valence electrons. The SMILES string of the molecule is O=c1[nH]c2cc(-c3ccccc3C(F)(F)F)ccc2o1. The second-order valence-electron chi connectivity index (χ2n) is 4.27. The quantitative estimate of drug-likeness (QED) is 0.736. The van der Waals surface area contributed by atoms with E-state index in [0.717, 1.165) is 6.07 Å². The molecule has 0 fully saturated rings. The number of hydrogen-bond acceptors (Lipinski definition) is 2. The van der Waals surface area contributed by atoms with Crippen molar-refractivity contribution in [3.8, 4) is 11.1 Å². The molecule has 3 aromatic rings. The van der Waals surface area contributed by atoms with Crippen LogP contribution in [-0.4, -0.2) is 4.98 Å². The lowest BCUT2D eigenvalue weighted by Gasteiger charge is -2.12. The molecule has 0 amide bonds. The summed E-state index contributed by atoms with van der Waals surface area (Å²) in [6, 6.07) is 9.71. The first-order valence-electron chi connectivity index (χ1n) is 5.74. The molecule has 0 saturated heterocycles. The zero-order valence-electron chi connectivity index (χ0n) is 9.99. The first-order valence-corrected chi connectivity index (χ1v) is 5.74. The van der Waals surface area contributed by atoms with Crippen molar-refractivity contribution in [3.63, 3.8) is 0 Å². The standard InChI is InChI=1S/C14H8F3NO2/c15-14(16,17)10-4-2-1-3-9(10)8-5-6-12-11(7-8)18-13(19)20-12/h1-7H,(H,18,19). The number of nitrogens with one attached hydrogen (secondary N) is 1. The van der Waals surface area contributed by atoms with Gasteiger partial charge in [0, 0.05) is 0 Å². The van der Waals surface area contributed by atoms with Crippen molar-refractivity contribution in [2.45, 2.75) is 6.18 Å². The largest absolute Gasteiger partial charge is 0.417 e. The van der Waals surface area contributed by atoms with E-state index in [4.69, 9.17) is 4.42 Å². The molecule has 1 heterocycles. The Morgan fingerprint density at radius 2 is 1.80 bits per heavy atom. The summed E-state index contributed by atoms with van der Waals surface area (Å²) in [7, 11) is 0. The summed E-state index contributed by atoms with van der Waals surface area (Å²) in [5, 5.41) is 0. The average molecular weight is 279 g/mol. The Kier molecular flexibility index (Phi) is 2.67. The van der Waals surface area contributed by atoms with E-state index < -0.39 is 17.5 Å². The van der Waals surface area contributed by atoms with E-state index in [2.05, 4.69) is 4.98 Å². The van der Waals surface area contributed by atoms with Crippen LogP contribution in [0.5, 0.6) is 0 Å². The molecular formula is C14H8F3NO2. The van der Waals surface area contributed by atoms with Gasteiger partial charge in [-0.3, -0.25) is 4.98 Å². The number of hydrogen-bond donors (Lipinski definition) is 1. The van der Waals surface area contributed by atoms with Crippen LogP contribution in [0, 0.1) is 0 Å². The summed E-state index contributed by atoms with van der Waals surface area (Å²) < 4.78 is 43.8. The van der Waals surface area contributed by atoms with Gasteiger partial charge in [0.1, 0.15) is 0 Å². The first kappa shape index (κ1) is 12.5. The highest BCUT2D eigenvalue weighted by Gasteiger charge is 2.33. The fourth-order valence-corrected chi connectivity index (χ4v) is 2.10. The van der Waals surface area contributed by atoms with Crippen molar-refractivity contribution in [3.05, 3.63) is 58.6 Å². The van der Waals surface area contributed by atoms with E-state index in [1.54, 1.807) is 0 Å². The number of benzene rings is 2. The van der Waals surface area contributed by atoms with Gasteiger partial charge in [0.15, 0.2) is 5.58 Å². The summed E-state index contributed by atoms with van der Waals surface area (Å²) in [4.78, 5) is 13.5. The van der Waals surface area contributed by atoms with Gasteiger partial charge in [-0.05, 0) is 29.3 Å². The highest BCUT2D eigenvalue weighted by atomic mass is 19.4. The number of fused-ring (bicyclic) bond motifs is 1. The number of halogens is 3. The fraction of sp³-hybridized carbons (Fsp3) is 0.0714. The Hall–Kier alpha value is -2.50. The van der Waals surface area contributed by atoms with Gasteiger partial charge in [-0.2, -0.15) is 13.2 Å². The highest BCUT2D eigenvalue weighted by Crippen LogP contribution is 2.37. The number of H-pyrrole nitrogens is 1. The minimum atomic E-state index is -4.44. The Morgan fingerprint density at radius 1 is 1.05 bits per heavy atom. The lowest BCUT2D eigenvalue weighted by molar-refractivity contribution is -0.137. The molecule has 3 rings (SSSR count). The maximum Gasteiger partial charge on any atom is 0.417 e. The molecule has 0 aliphatic rings. The second-order valence-corrected chi connectivity index (χ2v) is 4.27. The van der Waals surface area contributed by atoms with Gasteiger partial charge in [0.2, 0.25) is 0 Å². The van der Waals surface area contributed by atoms with Crippen LogP contribution < -0.4 is 5.76 Å². The van der Waals surface area contributed by atoms with Crippen molar-refractivity contribution in [2.75, 3.05) is 0 Å². The molecule has 0 aliphatic heterocycles. The van der Waals surface area contributed by atoms with Crippen molar-refractivity contribution < 1.29 is 17.6 Å². The monoisotopic (exact) mass is 279 g/mol. The summed E-state index contributed by atoms with van der Waals surface area (Å²) >= 11 is 0. The third-order valence-electron chi connectivity index (χ3n) is 2.96. The van der Waals surface area contributed by atoms with Crippen LogP contribution >= 0.6 is 0 Å². The predicted molar refractivity (Wildman–Crippen MR) is 67.3 cm³/mol. The van der Waals surface area contributed by atoms with Crippen LogP contribution in [0.2, 0.25) is 0 Å². The number of rotatable bonds is 1. The van der Waals surface area contributed by atoms with Crippen LogP contribution in [0.15, 0.2) is 51.7 Å². The number of alkyl halides is 3. The van der Waals surface area contributed by atoms with E-state index in [0.29, 0.717) is 16.7 Å².